The molecule has 9 nitrogen and oxygen atoms in total. The summed E-state index contributed by atoms with van der Waals surface area (Å²) < 4.78 is 20.3. The number of aromatic amines is 1. The van der Waals surface area contributed by atoms with Crippen molar-refractivity contribution in [1.29, 1.82) is 0 Å². The second kappa shape index (κ2) is 8.19. The number of para-hydroxylation sites is 1. The van der Waals surface area contributed by atoms with Crippen molar-refractivity contribution >= 4 is 22.5 Å². The topological polar surface area (TPSA) is 118 Å². The molecule has 0 fully saturated rings. The highest BCUT2D eigenvalue weighted by Gasteiger charge is 2.61. The maximum absolute atomic E-state index is 13.2. The number of amides is 1. The largest absolute Gasteiger partial charge is 0.469 e. The van der Waals surface area contributed by atoms with E-state index >= 15 is 0 Å². The molecule has 3 aromatic heterocycles. The Bertz CT molecular complexity index is 2210. The molecule has 0 saturated carbocycles. The second-order valence-corrected chi connectivity index (χ2v) is 12.5. The van der Waals surface area contributed by atoms with Crippen LogP contribution < -0.4 is 15.4 Å². The fourth-order valence-electron chi connectivity index (χ4n) is 7.69. The Morgan fingerprint density at radius 2 is 1.84 bits per heavy atom. The van der Waals surface area contributed by atoms with Gasteiger partial charge in [-0.05, 0) is 35.6 Å². The summed E-state index contributed by atoms with van der Waals surface area (Å²) in [6.07, 6.45) is 4.16. The van der Waals surface area contributed by atoms with Crippen molar-refractivity contribution in [3.05, 3.63) is 95.3 Å². The summed E-state index contributed by atoms with van der Waals surface area (Å²) in [6, 6.07) is 18.5. The van der Waals surface area contributed by atoms with Gasteiger partial charge in [0.1, 0.15) is 17.2 Å². The summed E-state index contributed by atoms with van der Waals surface area (Å²) in [7, 11) is 0. The van der Waals surface area contributed by atoms with Gasteiger partial charge < -0.3 is 29.2 Å². The first-order valence-corrected chi connectivity index (χ1v) is 15.1. The van der Waals surface area contributed by atoms with Gasteiger partial charge >= 0.3 is 0 Å². The number of rotatable bonds is 1. The molecule has 44 heavy (non-hydrogen) atoms. The number of nitrogens with zero attached hydrogens (tertiary/aromatic N) is 2. The van der Waals surface area contributed by atoms with Gasteiger partial charge in [-0.3, -0.25) is 4.79 Å². The van der Waals surface area contributed by atoms with E-state index in [4.69, 9.17) is 23.5 Å². The number of aryl methyl sites for hydroxylation is 1. The molecule has 6 aromatic rings. The van der Waals surface area contributed by atoms with E-state index < -0.39 is 17.7 Å². The van der Waals surface area contributed by atoms with Crippen LogP contribution >= 0.6 is 0 Å². The van der Waals surface area contributed by atoms with Crippen molar-refractivity contribution in [3.8, 4) is 39.8 Å². The first kappa shape index (κ1) is 24.2. The van der Waals surface area contributed by atoms with Crippen molar-refractivity contribution in [3.63, 3.8) is 0 Å². The van der Waals surface area contributed by atoms with Gasteiger partial charge in [0.25, 0.3) is 0 Å². The third kappa shape index (κ3) is 2.91. The third-order valence-electron chi connectivity index (χ3n) is 9.73. The molecule has 3 unspecified atom stereocenters. The highest BCUT2D eigenvalue weighted by atomic mass is 16.5. The Hall–Kier alpha value is -5.31. The molecule has 10 rings (SSSR count). The van der Waals surface area contributed by atoms with Gasteiger partial charge in [-0.15, -0.1) is 0 Å². The molecule has 0 saturated heterocycles. The molecule has 4 aliphatic rings. The SMILES string of the molecule is CC(C)C1NC(=O)CCc2ccc3c(c2)C24c5cccc(c5NC2O3)-c2cccc3[nH]cc(c23)-c2cnc(o2)-c2nc1oc24. The summed E-state index contributed by atoms with van der Waals surface area (Å²) in [4.78, 5) is 26.5. The van der Waals surface area contributed by atoms with E-state index in [0.29, 0.717) is 41.8 Å². The lowest BCUT2D eigenvalue weighted by atomic mass is 9.72. The van der Waals surface area contributed by atoms with Crippen molar-refractivity contribution in [1.82, 2.24) is 20.3 Å². The predicted molar refractivity (Wildman–Crippen MR) is 163 cm³/mol. The molecule has 0 aliphatic carbocycles. The average molecular weight is 582 g/mol. The summed E-state index contributed by atoms with van der Waals surface area (Å²) in [5.41, 5.74) is 7.68. The first-order chi connectivity index (χ1) is 21.5. The quantitative estimate of drug-likeness (QED) is 0.198. The molecule has 3 atom stereocenters. The highest BCUT2D eigenvalue weighted by Crippen LogP contribution is 2.61. The summed E-state index contributed by atoms with van der Waals surface area (Å²) in [6.45, 7) is 4.11. The maximum Gasteiger partial charge on any atom is 0.249 e. The lowest BCUT2D eigenvalue weighted by molar-refractivity contribution is -0.122. The number of fused-ring (bicyclic) bond motifs is 7. The summed E-state index contributed by atoms with van der Waals surface area (Å²) in [5, 5.41) is 8.04. The third-order valence-corrected chi connectivity index (χ3v) is 9.73. The van der Waals surface area contributed by atoms with E-state index in [1.165, 1.54) is 0 Å². The number of benzene rings is 3. The van der Waals surface area contributed by atoms with Crippen LogP contribution in [0.4, 0.5) is 5.69 Å². The van der Waals surface area contributed by atoms with Crippen LogP contribution in [0.25, 0.3) is 44.9 Å². The maximum atomic E-state index is 13.2. The van der Waals surface area contributed by atoms with Gasteiger partial charge in [0.2, 0.25) is 17.7 Å². The first-order valence-electron chi connectivity index (χ1n) is 15.1. The molecule has 3 N–H and O–H groups in total. The van der Waals surface area contributed by atoms with Gasteiger partial charge in [-0.25, -0.2) is 9.97 Å². The number of ether oxygens (including phenoxy) is 1. The number of anilines is 1. The van der Waals surface area contributed by atoms with E-state index in [1.807, 2.05) is 18.3 Å². The van der Waals surface area contributed by atoms with Crippen LogP contribution in [-0.2, 0) is 16.6 Å². The monoisotopic (exact) mass is 581 g/mol. The smallest absolute Gasteiger partial charge is 0.249 e. The molecule has 3 aromatic carbocycles. The van der Waals surface area contributed by atoms with Crippen molar-refractivity contribution < 1.29 is 18.4 Å². The minimum Gasteiger partial charge on any atom is -0.469 e. The minimum atomic E-state index is -0.898. The van der Waals surface area contributed by atoms with Crippen molar-refractivity contribution in [2.24, 2.45) is 5.92 Å². The van der Waals surface area contributed by atoms with E-state index in [0.717, 1.165) is 55.7 Å². The number of oxazole rings is 2. The fourth-order valence-corrected chi connectivity index (χ4v) is 7.69. The van der Waals surface area contributed by atoms with Crippen molar-refractivity contribution in [2.45, 2.75) is 44.4 Å². The Morgan fingerprint density at radius 1 is 0.955 bits per heavy atom. The zero-order chi connectivity index (χ0) is 29.3. The van der Waals surface area contributed by atoms with Crippen LogP contribution in [0, 0.1) is 5.92 Å². The zero-order valence-electron chi connectivity index (χ0n) is 24.0. The number of carbonyl (C=O) groups excluding carboxylic acids is 1. The van der Waals surface area contributed by atoms with Gasteiger partial charge in [0, 0.05) is 51.5 Å². The van der Waals surface area contributed by atoms with Crippen LogP contribution in [0.15, 0.2) is 75.8 Å². The van der Waals surface area contributed by atoms with E-state index in [9.17, 15) is 4.79 Å². The molecule has 0 radical (unpaired) electrons. The summed E-state index contributed by atoms with van der Waals surface area (Å²) >= 11 is 0. The molecular formula is C35H27N5O4. The normalized spacial score (nSPS) is 22.1. The molecule has 1 spiro atoms. The lowest BCUT2D eigenvalue weighted by Crippen LogP contribution is -2.40. The van der Waals surface area contributed by atoms with E-state index in [2.05, 4.69) is 71.9 Å². The molecule has 10 bridgehead atoms. The molecular weight excluding hydrogens is 554 g/mol. The summed E-state index contributed by atoms with van der Waals surface area (Å²) in [5.74, 6) is 2.72. The van der Waals surface area contributed by atoms with Gasteiger partial charge in [0.15, 0.2) is 23.4 Å². The minimum absolute atomic E-state index is 0.0215. The number of H-pyrrole nitrogens is 1. The Labute approximate surface area is 251 Å². The highest BCUT2D eigenvalue weighted by molar-refractivity contribution is 6.07. The molecule has 7 heterocycles. The Morgan fingerprint density at radius 3 is 2.75 bits per heavy atom. The Kier molecular flexibility index (Phi) is 4.50. The second-order valence-electron chi connectivity index (χ2n) is 12.5. The predicted octanol–water partition coefficient (Wildman–Crippen LogP) is 6.70. The van der Waals surface area contributed by atoms with Crippen LogP contribution in [0.2, 0.25) is 0 Å². The van der Waals surface area contributed by atoms with E-state index in [-0.39, 0.29) is 11.8 Å². The van der Waals surface area contributed by atoms with Gasteiger partial charge in [-0.2, -0.15) is 0 Å². The number of carbonyl (C=O) groups is 1. The molecule has 1 amide bonds. The lowest BCUT2D eigenvalue weighted by Gasteiger charge is -2.28. The van der Waals surface area contributed by atoms with E-state index in [1.54, 1.807) is 6.20 Å². The van der Waals surface area contributed by atoms with Crippen molar-refractivity contribution in [2.75, 3.05) is 5.32 Å². The van der Waals surface area contributed by atoms with Crippen LogP contribution in [-0.4, -0.2) is 27.1 Å². The fraction of sp³-hybridized carbons (Fsp3) is 0.229. The molecule has 9 heteroatoms. The number of hydrogen-bond acceptors (Lipinski definition) is 7. The number of hydrogen-bond donors (Lipinski definition) is 3. The Balaban J connectivity index is 1.39. The molecule has 216 valence electrons. The van der Waals surface area contributed by atoms with Crippen LogP contribution in [0.3, 0.4) is 0 Å². The van der Waals surface area contributed by atoms with Crippen LogP contribution in [0.1, 0.15) is 54.7 Å². The van der Waals surface area contributed by atoms with Crippen LogP contribution in [0.5, 0.6) is 5.75 Å². The standard InChI is InChI=1S/C35H27N5O4/c1-16(2)28-33-39-30-31(44-33)35-21-7-3-6-19(18-5-4-8-23-27(18)20(14-36-23)25-15-37-32(30)42-25)29(21)40-34(35)43-24-11-9-17(13-22(24)35)10-12-26(41)38-28/h3-9,11,13-16,28,34,36,40H,10,12H2,1-2H3,(H,38,41). The average Bonchev–Trinajstić information content (AvgIpc) is 3.83. The zero-order valence-corrected chi connectivity index (χ0v) is 24.0. The van der Waals surface area contributed by atoms with Gasteiger partial charge in [0.05, 0.1) is 6.20 Å². The number of aromatic nitrogens is 3. The number of nitrogens with one attached hydrogen (secondary N) is 3. The molecule has 4 aliphatic heterocycles. The van der Waals surface area contributed by atoms with Gasteiger partial charge in [-0.1, -0.05) is 56.3 Å².